The van der Waals surface area contributed by atoms with Gasteiger partial charge in [0.2, 0.25) is 0 Å². The van der Waals surface area contributed by atoms with E-state index in [1.807, 2.05) is 26.0 Å². The molecule has 1 aromatic rings. The van der Waals surface area contributed by atoms with Crippen LogP contribution in [0.1, 0.15) is 82.8 Å². The molecule has 0 spiro atoms. The van der Waals surface area contributed by atoms with Crippen LogP contribution in [0.15, 0.2) is 18.2 Å². The first-order chi connectivity index (χ1) is 12.0. The fraction of sp³-hybridized carbons (Fsp3) is 0.739. The van der Waals surface area contributed by atoms with Crippen LogP contribution in [0.25, 0.3) is 0 Å². The fourth-order valence-corrected chi connectivity index (χ4v) is 6.33. The number of methoxy groups -OCH3 is 1. The van der Waals surface area contributed by atoms with Crippen molar-refractivity contribution in [1.29, 1.82) is 0 Å². The van der Waals surface area contributed by atoms with E-state index in [1.165, 1.54) is 43.2 Å². The zero-order chi connectivity index (χ0) is 18.2. The number of benzene rings is 1. The topological polar surface area (TPSA) is 29.5 Å². The summed E-state index contributed by atoms with van der Waals surface area (Å²) in [5.41, 5.74) is 3.40. The van der Waals surface area contributed by atoms with Crippen LogP contribution < -0.4 is 0 Å². The highest BCUT2D eigenvalue weighted by atomic mass is 16.5. The van der Waals surface area contributed by atoms with Gasteiger partial charge in [0.1, 0.15) is 5.75 Å². The van der Waals surface area contributed by atoms with Crippen LogP contribution in [0.4, 0.5) is 0 Å². The molecular weight excluding hydrogens is 308 g/mol. The molecule has 2 saturated carbocycles. The molecule has 1 aromatic carbocycles. The van der Waals surface area contributed by atoms with Gasteiger partial charge in [-0.1, -0.05) is 33.8 Å². The number of phenols is 1. The van der Waals surface area contributed by atoms with Crippen LogP contribution in [-0.4, -0.2) is 18.8 Å². The van der Waals surface area contributed by atoms with E-state index in [0.717, 1.165) is 24.4 Å². The fourth-order valence-electron chi connectivity index (χ4n) is 6.33. The Hall–Kier alpha value is -1.02. The Balaban J connectivity index is 0.000000880. The average Bonchev–Trinajstić information content (AvgIpc) is 2.92. The largest absolute Gasteiger partial charge is 0.508 e. The Morgan fingerprint density at radius 1 is 1.16 bits per heavy atom. The molecule has 25 heavy (non-hydrogen) atoms. The van der Waals surface area contributed by atoms with Gasteiger partial charge in [-0.2, -0.15) is 0 Å². The molecule has 0 saturated heterocycles. The van der Waals surface area contributed by atoms with E-state index in [-0.39, 0.29) is 0 Å². The Morgan fingerprint density at radius 2 is 1.92 bits per heavy atom. The minimum Gasteiger partial charge on any atom is -0.508 e. The summed E-state index contributed by atoms with van der Waals surface area (Å²) in [6, 6.07) is 6.08. The zero-order valence-electron chi connectivity index (χ0n) is 16.7. The number of hydrogen-bond acceptors (Lipinski definition) is 2. The molecule has 140 valence electrons. The summed E-state index contributed by atoms with van der Waals surface area (Å²) in [6.45, 7) is 9.81. The standard InChI is InChI=1S/C21H30O2.C2H6/c1-13-4-7-20-19-10-14(12-23-3)18-11-15(22)5-6-16(18)17(19)8-9-21(13,20)2;1-2/h5-6,11,13-14,17,19-20,22H,4,7-10,12H2,1-3H3;1-2H3. The summed E-state index contributed by atoms with van der Waals surface area (Å²) in [6.07, 6.45) is 6.74. The van der Waals surface area contributed by atoms with E-state index >= 15 is 0 Å². The van der Waals surface area contributed by atoms with Crippen molar-refractivity contribution in [3.05, 3.63) is 29.3 Å². The van der Waals surface area contributed by atoms with Gasteiger partial charge in [-0.25, -0.2) is 0 Å². The lowest BCUT2D eigenvalue weighted by Crippen LogP contribution is -2.42. The minimum absolute atomic E-state index is 0.401. The molecule has 0 aromatic heterocycles. The van der Waals surface area contributed by atoms with Gasteiger partial charge < -0.3 is 9.84 Å². The van der Waals surface area contributed by atoms with Crippen LogP contribution in [-0.2, 0) is 4.74 Å². The third-order valence-electron chi connectivity index (χ3n) is 7.75. The number of ether oxygens (including phenoxy) is 1. The van der Waals surface area contributed by atoms with E-state index in [0.29, 0.717) is 23.0 Å². The van der Waals surface area contributed by atoms with Crippen LogP contribution in [0, 0.1) is 23.2 Å². The highest BCUT2D eigenvalue weighted by Crippen LogP contribution is 2.64. The van der Waals surface area contributed by atoms with Crippen LogP contribution in [0.2, 0.25) is 0 Å². The van der Waals surface area contributed by atoms with Crippen LogP contribution in [0.3, 0.4) is 0 Å². The van der Waals surface area contributed by atoms with Crippen molar-refractivity contribution in [2.45, 2.75) is 71.6 Å². The van der Waals surface area contributed by atoms with Crippen LogP contribution in [0.5, 0.6) is 5.75 Å². The highest BCUT2D eigenvalue weighted by molar-refractivity contribution is 5.42. The molecule has 2 fully saturated rings. The molecule has 1 N–H and O–H groups in total. The monoisotopic (exact) mass is 344 g/mol. The lowest BCUT2D eigenvalue weighted by Gasteiger charge is -2.52. The van der Waals surface area contributed by atoms with Crippen molar-refractivity contribution in [1.82, 2.24) is 0 Å². The summed E-state index contributed by atoms with van der Waals surface area (Å²) in [7, 11) is 1.80. The van der Waals surface area contributed by atoms with Crippen molar-refractivity contribution in [2.75, 3.05) is 13.7 Å². The lowest BCUT2D eigenvalue weighted by atomic mass is 9.53. The summed E-state index contributed by atoms with van der Waals surface area (Å²) in [4.78, 5) is 0. The second-order valence-electron chi connectivity index (χ2n) is 8.60. The number of hydrogen-bond donors (Lipinski definition) is 1. The molecule has 2 nitrogen and oxygen atoms in total. The molecule has 3 aliphatic rings. The molecule has 0 radical (unpaired) electrons. The second-order valence-corrected chi connectivity index (χ2v) is 8.60. The summed E-state index contributed by atoms with van der Waals surface area (Å²) in [5.74, 6) is 4.09. The van der Waals surface area contributed by atoms with Gasteiger partial charge in [-0.3, -0.25) is 0 Å². The smallest absolute Gasteiger partial charge is 0.115 e. The molecule has 6 unspecified atom stereocenters. The van der Waals surface area contributed by atoms with Crippen molar-refractivity contribution in [3.8, 4) is 5.75 Å². The molecule has 6 atom stereocenters. The van der Waals surface area contributed by atoms with Crippen molar-refractivity contribution >= 4 is 0 Å². The number of aromatic hydroxyl groups is 1. The predicted octanol–water partition coefficient (Wildman–Crippen LogP) is 6.10. The van der Waals surface area contributed by atoms with Gasteiger partial charge in [-0.15, -0.1) is 0 Å². The Labute approximate surface area is 154 Å². The molecule has 0 amide bonds. The predicted molar refractivity (Wildman–Crippen MR) is 104 cm³/mol. The van der Waals surface area contributed by atoms with Gasteiger partial charge in [0.05, 0.1) is 6.61 Å². The minimum atomic E-state index is 0.401. The molecule has 4 rings (SSSR count). The van der Waals surface area contributed by atoms with Gasteiger partial charge in [0.15, 0.2) is 0 Å². The lowest BCUT2D eigenvalue weighted by molar-refractivity contribution is 0.0223. The van der Waals surface area contributed by atoms with Gasteiger partial charge in [-0.05, 0) is 84.5 Å². The van der Waals surface area contributed by atoms with E-state index in [4.69, 9.17) is 4.74 Å². The van der Waals surface area contributed by atoms with E-state index in [2.05, 4.69) is 19.9 Å². The first kappa shape index (κ1) is 18.8. The normalized spacial score (nSPS) is 38.8. The van der Waals surface area contributed by atoms with Crippen LogP contribution >= 0.6 is 0 Å². The third-order valence-corrected chi connectivity index (χ3v) is 7.75. The SMILES string of the molecule is CC.COCC1CC2C(CCC3(C)C(C)CCC23)c2ccc(O)cc21. The summed E-state index contributed by atoms with van der Waals surface area (Å²) >= 11 is 0. The number of phenolic OH excluding ortho intramolecular Hbond substituents is 1. The zero-order valence-corrected chi connectivity index (χ0v) is 16.7. The molecule has 0 heterocycles. The van der Waals surface area contributed by atoms with Gasteiger partial charge in [0, 0.05) is 13.0 Å². The van der Waals surface area contributed by atoms with Gasteiger partial charge >= 0.3 is 0 Å². The Morgan fingerprint density at radius 3 is 2.64 bits per heavy atom. The maximum absolute atomic E-state index is 9.96. The second kappa shape index (κ2) is 7.31. The molecule has 0 bridgehead atoms. The Kier molecular flexibility index (Phi) is 5.48. The maximum atomic E-state index is 9.96. The van der Waals surface area contributed by atoms with Crippen molar-refractivity contribution in [2.24, 2.45) is 23.2 Å². The molecule has 0 aliphatic heterocycles. The molecule has 2 heteroatoms. The van der Waals surface area contributed by atoms with Crippen molar-refractivity contribution < 1.29 is 9.84 Å². The maximum Gasteiger partial charge on any atom is 0.115 e. The van der Waals surface area contributed by atoms with E-state index in [1.54, 1.807) is 7.11 Å². The number of fused-ring (bicyclic) bond motifs is 5. The van der Waals surface area contributed by atoms with E-state index in [9.17, 15) is 5.11 Å². The summed E-state index contributed by atoms with van der Waals surface area (Å²) in [5, 5.41) is 9.96. The van der Waals surface area contributed by atoms with E-state index < -0.39 is 0 Å². The first-order valence-electron chi connectivity index (χ1n) is 10.4. The molecule has 3 aliphatic carbocycles. The van der Waals surface area contributed by atoms with Crippen molar-refractivity contribution in [3.63, 3.8) is 0 Å². The molecular formula is C23H36O2. The Bertz CT molecular complexity index is 596. The highest BCUT2D eigenvalue weighted by Gasteiger charge is 2.54. The third kappa shape index (κ3) is 3.01. The quantitative estimate of drug-likeness (QED) is 0.702. The average molecular weight is 345 g/mol. The summed E-state index contributed by atoms with van der Waals surface area (Å²) < 4.78 is 5.53. The van der Waals surface area contributed by atoms with Gasteiger partial charge in [0.25, 0.3) is 0 Å². The number of rotatable bonds is 2. The first-order valence-corrected chi connectivity index (χ1v) is 10.4.